The number of hydrogen-bond donors (Lipinski definition) is 1. The lowest BCUT2D eigenvalue weighted by atomic mass is 10.1. The molecule has 0 aliphatic heterocycles. The van der Waals surface area contributed by atoms with Crippen LogP contribution in [-0.4, -0.2) is 25.2 Å². The van der Waals surface area contributed by atoms with Gasteiger partial charge in [-0.1, -0.05) is 47.5 Å². The molecule has 11 heteroatoms. The number of para-hydroxylation sites is 1. The van der Waals surface area contributed by atoms with E-state index in [0.29, 0.717) is 4.31 Å². The third kappa shape index (κ3) is 5.94. The van der Waals surface area contributed by atoms with Crippen molar-refractivity contribution in [2.45, 2.75) is 24.5 Å². The molecule has 0 heterocycles. The van der Waals surface area contributed by atoms with E-state index in [-0.39, 0.29) is 15.5 Å². The SMILES string of the molecule is Cc1ccc(S(=O)(=O)N(CC(=O)Nc2ccccc2C(F)(F)F)Cc2c(F)cccc2Cl)cc1. The lowest BCUT2D eigenvalue weighted by molar-refractivity contribution is -0.137. The fourth-order valence-electron chi connectivity index (χ4n) is 3.13. The normalized spacial score (nSPS) is 12.1. The van der Waals surface area contributed by atoms with E-state index in [1.165, 1.54) is 30.3 Å². The van der Waals surface area contributed by atoms with Crippen LogP contribution in [0, 0.1) is 12.7 Å². The molecule has 3 aromatic rings. The number of sulfonamides is 1. The van der Waals surface area contributed by atoms with Gasteiger partial charge in [-0.25, -0.2) is 12.8 Å². The zero-order valence-corrected chi connectivity index (χ0v) is 19.3. The van der Waals surface area contributed by atoms with Gasteiger partial charge in [0.15, 0.2) is 0 Å². The number of anilines is 1. The summed E-state index contributed by atoms with van der Waals surface area (Å²) in [7, 11) is -4.35. The number of halogens is 5. The van der Waals surface area contributed by atoms with E-state index in [1.54, 1.807) is 19.1 Å². The highest BCUT2D eigenvalue weighted by molar-refractivity contribution is 7.89. The summed E-state index contributed by atoms with van der Waals surface area (Å²) >= 11 is 6.04. The quantitative estimate of drug-likeness (QED) is 0.415. The van der Waals surface area contributed by atoms with Crippen LogP contribution in [0.15, 0.2) is 71.6 Å². The molecule has 0 aliphatic rings. The summed E-state index contributed by atoms with van der Waals surface area (Å²) < 4.78 is 81.4. The summed E-state index contributed by atoms with van der Waals surface area (Å²) in [5, 5.41) is 2.04. The molecule has 0 aromatic heterocycles. The van der Waals surface area contributed by atoms with Gasteiger partial charge in [0.25, 0.3) is 0 Å². The number of hydrogen-bond acceptors (Lipinski definition) is 3. The van der Waals surface area contributed by atoms with Crippen molar-refractivity contribution in [3.8, 4) is 0 Å². The number of amides is 1. The minimum Gasteiger partial charge on any atom is -0.324 e. The van der Waals surface area contributed by atoms with E-state index in [2.05, 4.69) is 5.32 Å². The zero-order chi connectivity index (χ0) is 25.1. The van der Waals surface area contributed by atoms with Crippen molar-refractivity contribution in [2.24, 2.45) is 0 Å². The van der Waals surface area contributed by atoms with Gasteiger partial charge in [0, 0.05) is 17.1 Å². The van der Waals surface area contributed by atoms with Crippen LogP contribution >= 0.6 is 11.6 Å². The average Bonchev–Trinajstić information content (AvgIpc) is 2.75. The number of nitrogens with zero attached hydrogens (tertiary/aromatic N) is 1. The number of carbonyl (C=O) groups excluding carboxylic acids is 1. The second-order valence-corrected chi connectivity index (χ2v) is 9.72. The third-order valence-corrected chi connectivity index (χ3v) is 7.04. The average molecular weight is 515 g/mol. The Morgan fingerprint density at radius 1 is 1.00 bits per heavy atom. The minimum atomic E-state index is -4.74. The van der Waals surface area contributed by atoms with E-state index >= 15 is 0 Å². The molecule has 1 amide bonds. The highest BCUT2D eigenvalue weighted by Crippen LogP contribution is 2.34. The van der Waals surface area contributed by atoms with Crippen LogP contribution in [0.4, 0.5) is 23.2 Å². The van der Waals surface area contributed by atoms with Crippen LogP contribution in [0.3, 0.4) is 0 Å². The third-order valence-electron chi connectivity index (χ3n) is 4.88. The monoisotopic (exact) mass is 514 g/mol. The Morgan fingerprint density at radius 3 is 2.26 bits per heavy atom. The van der Waals surface area contributed by atoms with Crippen molar-refractivity contribution in [1.82, 2.24) is 4.31 Å². The van der Waals surface area contributed by atoms with Crippen LogP contribution in [-0.2, 0) is 27.5 Å². The van der Waals surface area contributed by atoms with Gasteiger partial charge in [-0.05, 0) is 43.3 Å². The summed E-state index contributed by atoms with van der Waals surface area (Å²) in [5.41, 5.74) is -1.02. The fourth-order valence-corrected chi connectivity index (χ4v) is 4.72. The van der Waals surface area contributed by atoms with E-state index in [0.717, 1.165) is 29.8 Å². The highest BCUT2D eigenvalue weighted by atomic mass is 35.5. The molecule has 5 nitrogen and oxygen atoms in total. The molecule has 0 saturated heterocycles. The lowest BCUT2D eigenvalue weighted by Crippen LogP contribution is -2.38. The summed E-state index contributed by atoms with van der Waals surface area (Å²) in [6, 6.07) is 13.8. The summed E-state index contributed by atoms with van der Waals surface area (Å²) in [4.78, 5) is 12.5. The number of alkyl halides is 3. The molecule has 0 unspecified atom stereocenters. The van der Waals surface area contributed by atoms with Crippen molar-refractivity contribution >= 4 is 33.2 Å². The predicted octanol–water partition coefficient (Wildman–Crippen LogP) is 5.64. The van der Waals surface area contributed by atoms with Gasteiger partial charge in [0.1, 0.15) is 5.82 Å². The van der Waals surface area contributed by atoms with E-state index in [4.69, 9.17) is 11.6 Å². The lowest BCUT2D eigenvalue weighted by Gasteiger charge is -2.23. The van der Waals surface area contributed by atoms with Crippen molar-refractivity contribution in [2.75, 3.05) is 11.9 Å². The van der Waals surface area contributed by atoms with Crippen molar-refractivity contribution in [3.63, 3.8) is 0 Å². The molecule has 34 heavy (non-hydrogen) atoms. The molecule has 3 aromatic carbocycles. The van der Waals surface area contributed by atoms with Gasteiger partial charge in [0.2, 0.25) is 15.9 Å². The molecule has 0 saturated carbocycles. The Labute approximate surface area is 199 Å². The first kappa shape index (κ1) is 25.7. The van der Waals surface area contributed by atoms with Gasteiger partial charge in [0.05, 0.1) is 22.7 Å². The Morgan fingerprint density at radius 2 is 1.65 bits per heavy atom. The van der Waals surface area contributed by atoms with Crippen LogP contribution in [0.25, 0.3) is 0 Å². The molecule has 0 radical (unpaired) electrons. The second-order valence-electron chi connectivity index (χ2n) is 7.38. The Balaban J connectivity index is 1.96. The van der Waals surface area contributed by atoms with Crippen LogP contribution in [0.5, 0.6) is 0 Å². The number of rotatable bonds is 7. The molecular formula is C23H19ClF4N2O3S. The minimum absolute atomic E-state index is 0.0630. The Bertz CT molecular complexity index is 1280. The first-order valence-electron chi connectivity index (χ1n) is 9.85. The van der Waals surface area contributed by atoms with Crippen molar-refractivity contribution < 1.29 is 30.8 Å². The van der Waals surface area contributed by atoms with Crippen LogP contribution in [0.2, 0.25) is 5.02 Å². The van der Waals surface area contributed by atoms with Gasteiger partial charge < -0.3 is 5.32 Å². The molecule has 180 valence electrons. The largest absolute Gasteiger partial charge is 0.418 e. The van der Waals surface area contributed by atoms with Gasteiger partial charge in [-0.3, -0.25) is 4.79 Å². The number of aryl methyl sites for hydroxylation is 1. The zero-order valence-electron chi connectivity index (χ0n) is 17.7. The standard InChI is InChI=1S/C23H19ClF4N2O3S/c1-15-9-11-16(12-10-15)34(32,33)30(13-17-19(24)6-4-7-20(17)25)14-22(31)29-21-8-3-2-5-18(21)23(26,27)28/h2-12H,13-14H2,1H3,(H,29,31). The first-order chi connectivity index (χ1) is 15.9. The number of nitrogens with one attached hydrogen (secondary N) is 1. The fraction of sp³-hybridized carbons (Fsp3) is 0.174. The Kier molecular flexibility index (Phi) is 7.64. The highest BCUT2D eigenvalue weighted by Gasteiger charge is 2.34. The molecule has 0 spiro atoms. The first-order valence-corrected chi connectivity index (χ1v) is 11.7. The summed E-state index contributed by atoms with van der Waals surface area (Å²) in [6.45, 7) is 0.252. The van der Waals surface area contributed by atoms with Crippen molar-refractivity contribution in [3.05, 3.63) is 94.3 Å². The van der Waals surface area contributed by atoms with Crippen LogP contribution in [0.1, 0.15) is 16.7 Å². The topological polar surface area (TPSA) is 66.5 Å². The molecular weight excluding hydrogens is 496 g/mol. The molecule has 0 fully saturated rings. The van der Waals surface area contributed by atoms with Gasteiger partial charge in [-0.15, -0.1) is 0 Å². The van der Waals surface area contributed by atoms with Crippen LogP contribution < -0.4 is 5.32 Å². The maximum Gasteiger partial charge on any atom is 0.418 e. The van der Waals surface area contributed by atoms with Crippen molar-refractivity contribution in [1.29, 1.82) is 0 Å². The van der Waals surface area contributed by atoms with E-state index in [1.807, 2.05) is 0 Å². The van der Waals surface area contributed by atoms with E-state index in [9.17, 15) is 30.8 Å². The molecule has 0 bridgehead atoms. The molecule has 1 N–H and O–H groups in total. The van der Waals surface area contributed by atoms with Gasteiger partial charge >= 0.3 is 6.18 Å². The smallest absolute Gasteiger partial charge is 0.324 e. The Hall–Kier alpha value is -2.95. The maximum absolute atomic E-state index is 14.4. The molecule has 0 aliphatic carbocycles. The van der Waals surface area contributed by atoms with E-state index < -0.39 is 52.3 Å². The second kappa shape index (κ2) is 10.1. The maximum atomic E-state index is 14.4. The summed E-state index contributed by atoms with van der Waals surface area (Å²) in [5.74, 6) is -1.83. The summed E-state index contributed by atoms with van der Waals surface area (Å²) in [6.07, 6.45) is -4.74. The number of benzene rings is 3. The van der Waals surface area contributed by atoms with Gasteiger partial charge in [-0.2, -0.15) is 17.5 Å². The molecule has 3 rings (SSSR count). The molecule has 0 atom stereocenters. The predicted molar refractivity (Wildman–Crippen MR) is 120 cm³/mol. The number of carbonyl (C=O) groups is 1.